The van der Waals surface area contributed by atoms with Crippen molar-refractivity contribution in [1.82, 2.24) is 5.32 Å². The van der Waals surface area contributed by atoms with Gasteiger partial charge in [-0.05, 0) is 32.9 Å². The average Bonchev–Trinajstić information content (AvgIpc) is 2.30. The molecule has 1 aromatic rings. The van der Waals surface area contributed by atoms with Gasteiger partial charge in [-0.2, -0.15) is 5.26 Å². The van der Waals surface area contributed by atoms with E-state index in [9.17, 15) is 4.79 Å². The highest BCUT2D eigenvalue weighted by molar-refractivity contribution is 5.86. The Hall–Kier alpha value is -2.22. The third kappa shape index (κ3) is 3.39. The van der Waals surface area contributed by atoms with Gasteiger partial charge >= 0.3 is 0 Å². The highest BCUT2D eigenvalue weighted by Crippen LogP contribution is 2.22. The van der Waals surface area contributed by atoms with E-state index in [1.54, 1.807) is 25.1 Å². The maximum absolute atomic E-state index is 11.7. The van der Waals surface area contributed by atoms with Crippen molar-refractivity contribution in [3.05, 3.63) is 23.8 Å². The van der Waals surface area contributed by atoms with Gasteiger partial charge in [0, 0.05) is 6.04 Å². The van der Waals surface area contributed by atoms with E-state index in [-0.39, 0.29) is 11.9 Å². The molecule has 5 heteroatoms. The number of nitrogens with zero attached hydrogens (tertiary/aromatic N) is 1. The first-order chi connectivity index (χ1) is 8.45. The summed E-state index contributed by atoms with van der Waals surface area (Å²) in [5, 5.41) is 14.7. The third-order valence-electron chi connectivity index (χ3n) is 2.42. The van der Waals surface area contributed by atoms with E-state index in [1.165, 1.54) is 0 Å². The van der Waals surface area contributed by atoms with Crippen LogP contribution in [0, 0.1) is 11.3 Å². The van der Waals surface area contributed by atoms with Crippen molar-refractivity contribution < 1.29 is 4.79 Å². The second kappa shape index (κ2) is 5.92. The molecule has 0 bridgehead atoms. The van der Waals surface area contributed by atoms with Crippen LogP contribution in [-0.2, 0) is 4.79 Å². The standard InChI is InChI=1S/C13H18N4O/c1-8(2)16-13(18)9(3)17-11-6-4-5-10(7-14)12(11)15/h4-6,8-9,17H,15H2,1-3H3,(H,16,18). The first kappa shape index (κ1) is 13.8. The molecule has 0 spiro atoms. The number of nitrogen functional groups attached to an aromatic ring is 1. The smallest absolute Gasteiger partial charge is 0.242 e. The largest absolute Gasteiger partial charge is 0.396 e. The SMILES string of the molecule is CC(C)NC(=O)C(C)Nc1cccc(C#N)c1N. The Kier molecular flexibility index (Phi) is 4.55. The lowest BCUT2D eigenvalue weighted by molar-refractivity contribution is -0.122. The Bertz CT molecular complexity index is 476. The normalized spacial score (nSPS) is 11.7. The molecule has 0 saturated heterocycles. The summed E-state index contributed by atoms with van der Waals surface area (Å²) in [6.07, 6.45) is 0. The molecule has 1 atom stereocenters. The topological polar surface area (TPSA) is 90.9 Å². The molecule has 1 aromatic carbocycles. The summed E-state index contributed by atoms with van der Waals surface area (Å²) < 4.78 is 0. The number of anilines is 2. The van der Waals surface area contributed by atoms with Gasteiger partial charge in [0.05, 0.1) is 16.9 Å². The van der Waals surface area contributed by atoms with Crippen molar-refractivity contribution >= 4 is 17.3 Å². The number of carbonyl (C=O) groups is 1. The van der Waals surface area contributed by atoms with Gasteiger partial charge in [0.2, 0.25) is 5.91 Å². The summed E-state index contributed by atoms with van der Waals surface area (Å²) >= 11 is 0. The molecule has 4 N–H and O–H groups in total. The van der Waals surface area contributed by atoms with Crippen LogP contribution in [0.3, 0.4) is 0 Å². The third-order valence-corrected chi connectivity index (χ3v) is 2.42. The van der Waals surface area contributed by atoms with E-state index < -0.39 is 6.04 Å². The Balaban J connectivity index is 2.80. The van der Waals surface area contributed by atoms with Crippen LogP contribution in [0.2, 0.25) is 0 Å². The number of para-hydroxylation sites is 1. The van der Waals surface area contributed by atoms with Gasteiger partial charge in [0.15, 0.2) is 0 Å². The summed E-state index contributed by atoms with van der Waals surface area (Å²) in [4.78, 5) is 11.7. The van der Waals surface area contributed by atoms with Crippen LogP contribution in [0.4, 0.5) is 11.4 Å². The maximum atomic E-state index is 11.7. The lowest BCUT2D eigenvalue weighted by atomic mass is 10.1. The van der Waals surface area contributed by atoms with Crippen LogP contribution in [0.5, 0.6) is 0 Å². The maximum Gasteiger partial charge on any atom is 0.242 e. The molecule has 5 nitrogen and oxygen atoms in total. The van der Waals surface area contributed by atoms with Gasteiger partial charge in [0.1, 0.15) is 12.1 Å². The first-order valence-electron chi connectivity index (χ1n) is 5.81. The molecule has 1 rings (SSSR count). The molecule has 0 aliphatic heterocycles. The highest BCUT2D eigenvalue weighted by atomic mass is 16.2. The Morgan fingerprint density at radius 3 is 2.61 bits per heavy atom. The number of nitriles is 1. The lowest BCUT2D eigenvalue weighted by Crippen LogP contribution is -2.41. The fraction of sp³-hybridized carbons (Fsp3) is 0.385. The zero-order valence-electron chi connectivity index (χ0n) is 10.8. The van der Waals surface area contributed by atoms with Gasteiger partial charge in [-0.1, -0.05) is 6.07 Å². The number of benzene rings is 1. The molecular weight excluding hydrogens is 228 g/mol. The molecule has 0 aliphatic rings. The fourth-order valence-electron chi connectivity index (χ4n) is 1.50. The van der Waals surface area contributed by atoms with Crippen molar-refractivity contribution in [2.45, 2.75) is 32.9 Å². The van der Waals surface area contributed by atoms with Crippen molar-refractivity contribution in [2.75, 3.05) is 11.1 Å². The van der Waals surface area contributed by atoms with Crippen molar-refractivity contribution in [3.8, 4) is 6.07 Å². The Morgan fingerprint density at radius 1 is 1.39 bits per heavy atom. The van der Waals surface area contributed by atoms with E-state index in [0.29, 0.717) is 16.9 Å². The highest BCUT2D eigenvalue weighted by Gasteiger charge is 2.15. The summed E-state index contributed by atoms with van der Waals surface area (Å²) in [7, 11) is 0. The monoisotopic (exact) mass is 246 g/mol. The fourth-order valence-corrected chi connectivity index (χ4v) is 1.50. The van der Waals surface area contributed by atoms with Crippen LogP contribution in [0.15, 0.2) is 18.2 Å². The molecule has 0 fully saturated rings. The summed E-state index contributed by atoms with van der Waals surface area (Å²) in [5.74, 6) is -0.105. The van der Waals surface area contributed by atoms with Crippen LogP contribution in [0.1, 0.15) is 26.3 Å². The molecular formula is C13H18N4O. The first-order valence-corrected chi connectivity index (χ1v) is 5.81. The zero-order valence-corrected chi connectivity index (χ0v) is 10.8. The van der Waals surface area contributed by atoms with Gasteiger partial charge < -0.3 is 16.4 Å². The molecule has 0 saturated carbocycles. The predicted molar refractivity (Wildman–Crippen MR) is 71.9 cm³/mol. The zero-order chi connectivity index (χ0) is 13.7. The summed E-state index contributed by atoms with van der Waals surface area (Å²) in [6, 6.07) is 6.79. The lowest BCUT2D eigenvalue weighted by Gasteiger charge is -2.18. The quantitative estimate of drug-likeness (QED) is 0.701. The molecule has 0 radical (unpaired) electrons. The minimum absolute atomic E-state index is 0.0875. The number of amides is 1. The number of rotatable bonds is 4. The number of hydrogen-bond acceptors (Lipinski definition) is 4. The number of nitrogens with two attached hydrogens (primary N) is 1. The van der Waals surface area contributed by atoms with Gasteiger partial charge in [0.25, 0.3) is 0 Å². The number of nitrogens with one attached hydrogen (secondary N) is 2. The van der Waals surface area contributed by atoms with Gasteiger partial charge in [-0.25, -0.2) is 0 Å². The van der Waals surface area contributed by atoms with E-state index in [1.807, 2.05) is 19.9 Å². The second-order valence-electron chi connectivity index (χ2n) is 4.41. The van der Waals surface area contributed by atoms with Crippen LogP contribution in [0.25, 0.3) is 0 Å². The van der Waals surface area contributed by atoms with Crippen molar-refractivity contribution in [3.63, 3.8) is 0 Å². The Morgan fingerprint density at radius 2 is 2.06 bits per heavy atom. The molecule has 0 heterocycles. The van der Waals surface area contributed by atoms with Gasteiger partial charge in [-0.3, -0.25) is 4.79 Å². The molecule has 18 heavy (non-hydrogen) atoms. The summed E-state index contributed by atoms with van der Waals surface area (Å²) in [5.41, 5.74) is 7.19. The summed E-state index contributed by atoms with van der Waals surface area (Å²) in [6.45, 7) is 5.54. The average molecular weight is 246 g/mol. The van der Waals surface area contributed by atoms with E-state index in [0.717, 1.165) is 0 Å². The van der Waals surface area contributed by atoms with Crippen LogP contribution in [-0.4, -0.2) is 18.0 Å². The van der Waals surface area contributed by atoms with Crippen LogP contribution < -0.4 is 16.4 Å². The number of hydrogen-bond donors (Lipinski definition) is 3. The van der Waals surface area contributed by atoms with E-state index in [2.05, 4.69) is 10.6 Å². The molecule has 96 valence electrons. The molecule has 1 amide bonds. The predicted octanol–water partition coefficient (Wildman–Crippen LogP) is 1.47. The Labute approximate surface area is 107 Å². The number of carbonyl (C=O) groups excluding carboxylic acids is 1. The van der Waals surface area contributed by atoms with Crippen molar-refractivity contribution in [1.29, 1.82) is 5.26 Å². The molecule has 1 unspecified atom stereocenters. The van der Waals surface area contributed by atoms with E-state index in [4.69, 9.17) is 11.0 Å². The van der Waals surface area contributed by atoms with Crippen LogP contribution >= 0.6 is 0 Å². The minimum Gasteiger partial charge on any atom is -0.396 e. The van der Waals surface area contributed by atoms with Crippen molar-refractivity contribution in [2.24, 2.45) is 0 Å². The second-order valence-corrected chi connectivity index (χ2v) is 4.41. The van der Waals surface area contributed by atoms with E-state index >= 15 is 0 Å². The molecule has 0 aliphatic carbocycles. The van der Waals surface area contributed by atoms with Gasteiger partial charge in [-0.15, -0.1) is 0 Å². The molecule has 0 aromatic heterocycles. The minimum atomic E-state index is -0.413.